The summed E-state index contributed by atoms with van der Waals surface area (Å²) in [5.41, 5.74) is 3.31. The first-order valence-corrected chi connectivity index (χ1v) is 13.0. The third-order valence-corrected chi connectivity index (χ3v) is 4.76. The zero-order valence-electron chi connectivity index (χ0n) is 23.2. The minimum Gasteiger partial charge on any atom is -0.450 e. The van der Waals surface area contributed by atoms with E-state index in [4.69, 9.17) is 4.74 Å². The third kappa shape index (κ3) is 10.2. The van der Waals surface area contributed by atoms with Crippen LogP contribution >= 0.6 is 0 Å². The first-order chi connectivity index (χ1) is 18.5. The Morgan fingerprint density at radius 2 is 1.89 bits per heavy atom. The van der Waals surface area contributed by atoms with E-state index in [1.807, 2.05) is 75.5 Å². The summed E-state index contributed by atoms with van der Waals surface area (Å²) < 4.78 is 11.5. The third-order valence-electron chi connectivity index (χ3n) is 4.76. The van der Waals surface area contributed by atoms with Gasteiger partial charge in [-0.05, 0) is 52.7 Å². The zero-order chi connectivity index (χ0) is 27.8. The number of nitrogens with zero attached hydrogens (tertiary/aromatic N) is 5. The van der Waals surface area contributed by atoms with Gasteiger partial charge in [0.25, 0.3) is 0 Å². The molecule has 0 radical (unpaired) electrons. The average molecular weight is 525 g/mol. The highest BCUT2D eigenvalue weighted by atomic mass is 16.5. The largest absolute Gasteiger partial charge is 0.450 e. The van der Waals surface area contributed by atoms with Gasteiger partial charge < -0.3 is 20.1 Å². The first kappa shape index (κ1) is 30.2. The number of H-pyrrole nitrogens is 1. The number of fused-ring (bicyclic) bond motifs is 1. The molecule has 0 unspecified atom stereocenters. The summed E-state index contributed by atoms with van der Waals surface area (Å²) in [6, 6.07) is 9.66. The molecule has 3 N–H and O–H groups in total. The molecule has 11 nitrogen and oxygen atoms in total. The van der Waals surface area contributed by atoms with Crippen molar-refractivity contribution in [3.05, 3.63) is 54.6 Å². The molecule has 206 valence electrons. The van der Waals surface area contributed by atoms with Crippen molar-refractivity contribution in [2.75, 3.05) is 25.1 Å². The Labute approximate surface area is 224 Å². The van der Waals surface area contributed by atoms with Crippen LogP contribution in [0.5, 0.6) is 0 Å². The van der Waals surface area contributed by atoms with Gasteiger partial charge in [0.1, 0.15) is 11.5 Å². The summed E-state index contributed by atoms with van der Waals surface area (Å²) >= 11 is 0. The lowest BCUT2D eigenvalue weighted by molar-refractivity contribution is 0.149. The fourth-order valence-corrected chi connectivity index (χ4v) is 3.21. The minimum atomic E-state index is -0.340. The summed E-state index contributed by atoms with van der Waals surface area (Å²) in [4.78, 5) is 24.1. The number of anilines is 2. The second-order valence-corrected chi connectivity index (χ2v) is 8.22. The number of aromatic nitrogens is 6. The van der Waals surface area contributed by atoms with Gasteiger partial charge in [0.15, 0.2) is 0 Å². The van der Waals surface area contributed by atoms with E-state index in [1.165, 1.54) is 12.8 Å². The minimum absolute atomic E-state index is 0.157. The number of hydrogen-bond acceptors (Lipinski definition) is 8. The van der Waals surface area contributed by atoms with Crippen LogP contribution < -0.4 is 10.6 Å². The van der Waals surface area contributed by atoms with Crippen LogP contribution in [0.4, 0.5) is 16.6 Å². The standard InChI is InChI=1S/C15H13N7.C6H13NO2.C4H8O.C2H6/c1-10-9-22-14(18-10)8-12(11-4-2-3-6-16-11)19-15(22)20-13-5-7-17-21-13;1-4-9-6(8)7-5(2)3;1-2-4-5-3-1;1-2/h2-9H,1H3,(H2,17,19,20,21);5H,4H2,1-3H3,(H,7,8);1-4H2;1-2H3. The lowest BCUT2D eigenvalue weighted by atomic mass is 10.2. The molecule has 38 heavy (non-hydrogen) atoms. The Hall–Kier alpha value is -3.99. The molecule has 5 rings (SSSR count). The Morgan fingerprint density at radius 3 is 2.45 bits per heavy atom. The molecule has 0 spiro atoms. The number of aromatic amines is 1. The molecular weight excluding hydrogens is 484 g/mol. The number of ether oxygens (including phenoxy) is 2. The summed E-state index contributed by atoms with van der Waals surface area (Å²) in [5.74, 6) is 1.42. The first-order valence-electron chi connectivity index (χ1n) is 13.0. The molecule has 0 aromatic carbocycles. The van der Waals surface area contributed by atoms with E-state index in [-0.39, 0.29) is 12.1 Å². The SMILES string of the molecule is C1CCOC1.CC.CCOC(=O)NC(C)C.Cc1cn2c(Nc3ccn[nH]3)nc(-c3ccccn3)cc2n1. The van der Waals surface area contributed by atoms with E-state index in [1.54, 1.807) is 19.3 Å². The maximum absolute atomic E-state index is 10.5. The molecule has 1 aliphatic heterocycles. The van der Waals surface area contributed by atoms with Gasteiger partial charge >= 0.3 is 6.09 Å². The van der Waals surface area contributed by atoms with Crippen molar-refractivity contribution in [3.8, 4) is 11.4 Å². The second kappa shape index (κ2) is 16.7. The van der Waals surface area contributed by atoms with Crippen LogP contribution in [-0.4, -0.2) is 61.5 Å². The Morgan fingerprint density at radius 1 is 1.13 bits per heavy atom. The fraction of sp³-hybridized carbons (Fsp3) is 0.444. The molecule has 0 aliphatic carbocycles. The smallest absolute Gasteiger partial charge is 0.407 e. The number of aryl methyl sites for hydroxylation is 1. The van der Waals surface area contributed by atoms with Gasteiger partial charge in [-0.25, -0.2) is 14.8 Å². The van der Waals surface area contributed by atoms with E-state index in [2.05, 4.69) is 40.5 Å². The monoisotopic (exact) mass is 524 g/mol. The number of carbonyl (C=O) groups is 1. The number of hydrogen-bond donors (Lipinski definition) is 3. The van der Waals surface area contributed by atoms with Gasteiger partial charge in [0, 0.05) is 43.8 Å². The van der Waals surface area contributed by atoms with Crippen molar-refractivity contribution in [2.24, 2.45) is 0 Å². The van der Waals surface area contributed by atoms with Gasteiger partial charge in [-0.1, -0.05) is 19.9 Å². The molecule has 0 bridgehead atoms. The molecule has 4 aromatic heterocycles. The Kier molecular flexibility index (Phi) is 13.3. The van der Waals surface area contributed by atoms with Crippen LogP contribution in [0.3, 0.4) is 0 Å². The highest BCUT2D eigenvalue weighted by Crippen LogP contribution is 2.22. The van der Waals surface area contributed by atoms with Gasteiger partial charge in [-0.2, -0.15) is 5.10 Å². The van der Waals surface area contributed by atoms with E-state index in [0.717, 1.165) is 41.8 Å². The highest BCUT2D eigenvalue weighted by Gasteiger charge is 2.11. The van der Waals surface area contributed by atoms with Crippen molar-refractivity contribution >= 4 is 23.5 Å². The van der Waals surface area contributed by atoms with Crippen molar-refractivity contribution in [1.82, 2.24) is 34.9 Å². The average Bonchev–Trinajstić information content (AvgIpc) is 3.70. The fourth-order valence-electron chi connectivity index (χ4n) is 3.21. The highest BCUT2D eigenvalue weighted by molar-refractivity contribution is 5.67. The predicted octanol–water partition coefficient (Wildman–Crippen LogP) is 5.53. The quantitative estimate of drug-likeness (QED) is 0.310. The lowest BCUT2D eigenvalue weighted by Gasteiger charge is -2.08. The number of rotatable bonds is 5. The van der Waals surface area contributed by atoms with Gasteiger partial charge in [-0.3, -0.25) is 14.5 Å². The molecule has 5 heterocycles. The molecule has 0 atom stereocenters. The topological polar surface area (TPSA) is 131 Å². The second-order valence-electron chi connectivity index (χ2n) is 8.22. The van der Waals surface area contributed by atoms with Crippen LogP contribution in [-0.2, 0) is 9.47 Å². The zero-order valence-corrected chi connectivity index (χ0v) is 23.2. The summed E-state index contributed by atoms with van der Waals surface area (Å²) in [6.45, 7) is 13.9. The van der Waals surface area contributed by atoms with Gasteiger partial charge in [0.05, 0.1) is 29.9 Å². The number of alkyl carbamates (subject to hydrolysis) is 1. The van der Waals surface area contributed by atoms with Crippen molar-refractivity contribution in [1.29, 1.82) is 0 Å². The molecule has 1 amide bonds. The predicted molar refractivity (Wildman–Crippen MR) is 150 cm³/mol. The van der Waals surface area contributed by atoms with Crippen LogP contribution in [0.2, 0.25) is 0 Å². The Balaban J connectivity index is 0.000000262. The molecule has 1 saturated heterocycles. The van der Waals surface area contributed by atoms with E-state index >= 15 is 0 Å². The van der Waals surface area contributed by atoms with Crippen LogP contribution in [0.15, 0.2) is 48.9 Å². The Bertz CT molecular complexity index is 1180. The number of nitrogens with one attached hydrogen (secondary N) is 3. The van der Waals surface area contributed by atoms with Crippen molar-refractivity contribution < 1.29 is 14.3 Å². The normalized spacial score (nSPS) is 11.9. The van der Waals surface area contributed by atoms with E-state index < -0.39 is 0 Å². The van der Waals surface area contributed by atoms with Crippen LogP contribution in [0, 0.1) is 6.92 Å². The van der Waals surface area contributed by atoms with Crippen LogP contribution in [0.25, 0.3) is 17.0 Å². The molecule has 4 aromatic rings. The van der Waals surface area contributed by atoms with Gasteiger partial charge in [-0.15, -0.1) is 0 Å². The number of amides is 1. The lowest BCUT2D eigenvalue weighted by Crippen LogP contribution is -2.30. The maximum Gasteiger partial charge on any atom is 0.407 e. The summed E-state index contributed by atoms with van der Waals surface area (Å²) in [5, 5.41) is 12.6. The molecular formula is C27H40N8O3. The molecule has 11 heteroatoms. The molecule has 1 aliphatic rings. The maximum atomic E-state index is 10.5. The molecule has 0 saturated carbocycles. The van der Waals surface area contributed by atoms with E-state index in [0.29, 0.717) is 12.6 Å². The van der Waals surface area contributed by atoms with E-state index in [9.17, 15) is 4.79 Å². The number of carbonyl (C=O) groups excluding carboxylic acids is 1. The van der Waals surface area contributed by atoms with Crippen molar-refractivity contribution in [3.63, 3.8) is 0 Å². The number of pyridine rings is 1. The molecule has 1 fully saturated rings. The summed E-state index contributed by atoms with van der Waals surface area (Å²) in [7, 11) is 0. The van der Waals surface area contributed by atoms with Gasteiger partial charge in [0.2, 0.25) is 5.95 Å². The number of imidazole rings is 1. The van der Waals surface area contributed by atoms with Crippen molar-refractivity contribution in [2.45, 2.75) is 60.4 Å². The summed E-state index contributed by atoms with van der Waals surface area (Å²) in [6.07, 6.45) is 7.58. The van der Waals surface area contributed by atoms with Crippen LogP contribution in [0.1, 0.15) is 53.2 Å².